The summed E-state index contributed by atoms with van der Waals surface area (Å²) in [5.41, 5.74) is 0.724. The minimum absolute atomic E-state index is 0.00254. The summed E-state index contributed by atoms with van der Waals surface area (Å²) < 4.78 is 16.2. The molecule has 0 saturated carbocycles. The molecule has 1 fully saturated rings. The first kappa shape index (κ1) is 21.9. The van der Waals surface area contributed by atoms with Crippen LogP contribution in [-0.4, -0.2) is 74.6 Å². The first-order chi connectivity index (χ1) is 14.7. The van der Waals surface area contributed by atoms with E-state index in [1.807, 2.05) is 30.3 Å². The van der Waals surface area contributed by atoms with E-state index in [-0.39, 0.29) is 18.4 Å². The number of amides is 2. The van der Waals surface area contributed by atoms with Crippen molar-refractivity contribution in [2.24, 2.45) is 0 Å². The molecule has 1 aromatic heterocycles. The lowest BCUT2D eigenvalue weighted by Crippen LogP contribution is -2.51. The summed E-state index contributed by atoms with van der Waals surface area (Å²) in [6.07, 6.45) is 2.31. The van der Waals surface area contributed by atoms with Crippen molar-refractivity contribution in [3.8, 4) is 5.75 Å². The van der Waals surface area contributed by atoms with Crippen molar-refractivity contribution in [1.82, 2.24) is 15.1 Å². The molecule has 8 heteroatoms. The molecule has 2 heterocycles. The predicted octanol–water partition coefficient (Wildman–Crippen LogP) is 1.77. The van der Waals surface area contributed by atoms with Crippen molar-refractivity contribution >= 4 is 11.8 Å². The SMILES string of the molecule is COCCCNC(=O)CN1CCN(C(=O)c2occc2COc2ccccc2)CC1. The zero-order valence-electron chi connectivity index (χ0n) is 17.3. The molecule has 1 aliphatic heterocycles. The summed E-state index contributed by atoms with van der Waals surface area (Å²) in [5, 5.41) is 2.89. The topological polar surface area (TPSA) is 84.3 Å². The van der Waals surface area contributed by atoms with Crippen LogP contribution in [-0.2, 0) is 16.1 Å². The van der Waals surface area contributed by atoms with Crippen LogP contribution in [0.3, 0.4) is 0 Å². The van der Waals surface area contributed by atoms with Gasteiger partial charge in [0, 0.05) is 52.0 Å². The fourth-order valence-electron chi connectivity index (χ4n) is 3.27. The Hall–Kier alpha value is -2.84. The Bertz CT molecular complexity index is 800. The zero-order chi connectivity index (χ0) is 21.2. The number of piperazine rings is 1. The molecule has 1 N–H and O–H groups in total. The molecule has 1 saturated heterocycles. The molecule has 0 radical (unpaired) electrons. The molecule has 3 rings (SSSR count). The standard InChI is InChI=1S/C22H29N3O5/c1-28-14-5-9-23-20(26)16-24-10-12-25(13-11-24)22(27)21-18(8-15-29-21)17-30-19-6-3-2-4-7-19/h2-4,6-8,15H,5,9-14,16-17H2,1H3,(H,23,26). The van der Waals surface area contributed by atoms with Crippen LogP contribution in [0.1, 0.15) is 22.5 Å². The van der Waals surface area contributed by atoms with Crippen LogP contribution in [0.4, 0.5) is 0 Å². The number of nitrogens with one attached hydrogen (secondary N) is 1. The van der Waals surface area contributed by atoms with Crippen LogP contribution in [0.25, 0.3) is 0 Å². The molecule has 1 aromatic carbocycles. The third-order valence-electron chi connectivity index (χ3n) is 4.95. The van der Waals surface area contributed by atoms with Crippen molar-refractivity contribution in [1.29, 1.82) is 0 Å². The fraction of sp³-hybridized carbons (Fsp3) is 0.455. The van der Waals surface area contributed by atoms with E-state index in [0.29, 0.717) is 51.6 Å². The highest BCUT2D eigenvalue weighted by atomic mass is 16.5. The van der Waals surface area contributed by atoms with Crippen LogP contribution >= 0.6 is 0 Å². The van der Waals surface area contributed by atoms with Crippen LogP contribution in [0, 0.1) is 0 Å². The van der Waals surface area contributed by atoms with Gasteiger partial charge in [-0.1, -0.05) is 18.2 Å². The van der Waals surface area contributed by atoms with Gasteiger partial charge >= 0.3 is 0 Å². The van der Waals surface area contributed by atoms with Crippen molar-refractivity contribution in [2.75, 3.05) is 53.0 Å². The Morgan fingerprint density at radius 1 is 1.10 bits per heavy atom. The number of carbonyl (C=O) groups is 2. The lowest BCUT2D eigenvalue weighted by Gasteiger charge is -2.34. The van der Waals surface area contributed by atoms with Gasteiger partial charge in [-0.15, -0.1) is 0 Å². The Labute approximate surface area is 176 Å². The maximum atomic E-state index is 12.9. The van der Waals surface area contributed by atoms with E-state index >= 15 is 0 Å². The lowest BCUT2D eigenvalue weighted by molar-refractivity contribution is -0.122. The number of ether oxygens (including phenoxy) is 2. The number of benzene rings is 1. The van der Waals surface area contributed by atoms with Crippen LogP contribution in [0.2, 0.25) is 0 Å². The van der Waals surface area contributed by atoms with Crippen LogP contribution in [0.5, 0.6) is 5.75 Å². The highest BCUT2D eigenvalue weighted by Crippen LogP contribution is 2.18. The maximum Gasteiger partial charge on any atom is 0.290 e. The number of para-hydroxylation sites is 1. The number of rotatable bonds is 10. The molecule has 0 aliphatic carbocycles. The van der Waals surface area contributed by atoms with Crippen LogP contribution < -0.4 is 10.1 Å². The first-order valence-corrected chi connectivity index (χ1v) is 10.2. The van der Waals surface area contributed by atoms with Crippen molar-refractivity contribution in [3.05, 3.63) is 54.0 Å². The normalized spacial score (nSPS) is 14.5. The number of furan rings is 1. The first-order valence-electron chi connectivity index (χ1n) is 10.2. The monoisotopic (exact) mass is 415 g/mol. The highest BCUT2D eigenvalue weighted by Gasteiger charge is 2.26. The molecular weight excluding hydrogens is 386 g/mol. The number of hydrogen-bond donors (Lipinski definition) is 1. The fourth-order valence-corrected chi connectivity index (χ4v) is 3.27. The average Bonchev–Trinajstić information content (AvgIpc) is 3.25. The minimum Gasteiger partial charge on any atom is -0.489 e. The van der Waals surface area contributed by atoms with Gasteiger partial charge in [0.05, 0.1) is 12.8 Å². The molecule has 2 amide bonds. The molecule has 162 valence electrons. The number of nitrogens with zero attached hydrogens (tertiary/aromatic N) is 2. The Balaban J connectivity index is 1.44. The maximum absolute atomic E-state index is 12.9. The van der Waals surface area contributed by atoms with Crippen molar-refractivity contribution in [2.45, 2.75) is 13.0 Å². The van der Waals surface area contributed by atoms with E-state index in [0.717, 1.165) is 17.7 Å². The number of hydrogen-bond acceptors (Lipinski definition) is 6. The van der Waals surface area contributed by atoms with E-state index in [4.69, 9.17) is 13.9 Å². The summed E-state index contributed by atoms with van der Waals surface area (Å²) in [5.74, 6) is 0.911. The van der Waals surface area contributed by atoms with E-state index in [1.165, 1.54) is 6.26 Å². The van der Waals surface area contributed by atoms with Gasteiger partial charge in [0.2, 0.25) is 5.91 Å². The van der Waals surface area contributed by atoms with Gasteiger partial charge in [-0.3, -0.25) is 14.5 Å². The van der Waals surface area contributed by atoms with Crippen LogP contribution in [0.15, 0.2) is 47.1 Å². The molecule has 0 atom stereocenters. The van der Waals surface area contributed by atoms with Crippen molar-refractivity contribution < 1.29 is 23.5 Å². The predicted molar refractivity (Wildman–Crippen MR) is 111 cm³/mol. The van der Waals surface area contributed by atoms with Gasteiger partial charge in [-0.2, -0.15) is 0 Å². The molecule has 0 spiro atoms. The summed E-state index contributed by atoms with van der Waals surface area (Å²) >= 11 is 0. The van der Waals surface area contributed by atoms with Gasteiger partial charge in [0.15, 0.2) is 5.76 Å². The molecule has 8 nitrogen and oxygen atoms in total. The van der Waals surface area contributed by atoms with E-state index in [9.17, 15) is 9.59 Å². The molecular formula is C22H29N3O5. The molecule has 1 aliphatic rings. The molecule has 0 unspecified atom stereocenters. The second-order valence-electron chi connectivity index (χ2n) is 7.14. The quantitative estimate of drug-likeness (QED) is 0.596. The van der Waals surface area contributed by atoms with E-state index in [2.05, 4.69) is 10.2 Å². The Kier molecular flexibility index (Phi) is 8.29. The van der Waals surface area contributed by atoms with Gasteiger partial charge < -0.3 is 24.1 Å². The average molecular weight is 415 g/mol. The second kappa shape index (κ2) is 11.4. The molecule has 0 bridgehead atoms. The smallest absolute Gasteiger partial charge is 0.290 e. The Morgan fingerprint density at radius 2 is 1.87 bits per heavy atom. The van der Waals surface area contributed by atoms with Gasteiger partial charge in [0.25, 0.3) is 5.91 Å². The van der Waals surface area contributed by atoms with Gasteiger partial charge in [0.1, 0.15) is 12.4 Å². The summed E-state index contributed by atoms with van der Waals surface area (Å²) in [4.78, 5) is 28.7. The summed E-state index contributed by atoms with van der Waals surface area (Å²) in [6, 6.07) is 11.2. The van der Waals surface area contributed by atoms with Crippen molar-refractivity contribution in [3.63, 3.8) is 0 Å². The number of methoxy groups -OCH3 is 1. The third kappa shape index (κ3) is 6.33. The Morgan fingerprint density at radius 3 is 2.60 bits per heavy atom. The summed E-state index contributed by atoms with van der Waals surface area (Å²) in [7, 11) is 1.64. The second-order valence-corrected chi connectivity index (χ2v) is 7.14. The molecule has 30 heavy (non-hydrogen) atoms. The largest absolute Gasteiger partial charge is 0.489 e. The minimum atomic E-state index is -0.143. The van der Waals surface area contributed by atoms with E-state index < -0.39 is 0 Å². The third-order valence-corrected chi connectivity index (χ3v) is 4.95. The summed E-state index contributed by atoms with van der Waals surface area (Å²) in [6.45, 7) is 4.24. The lowest BCUT2D eigenvalue weighted by atomic mass is 10.2. The number of carbonyl (C=O) groups excluding carboxylic acids is 2. The zero-order valence-corrected chi connectivity index (χ0v) is 17.3. The highest BCUT2D eigenvalue weighted by molar-refractivity contribution is 5.93. The van der Waals surface area contributed by atoms with Gasteiger partial charge in [-0.05, 0) is 24.6 Å². The van der Waals surface area contributed by atoms with E-state index in [1.54, 1.807) is 18.1 Å². The van der Waals surface area contributed by atoms with Gasteiger partial charge in [-0.25, -0.2) is 0 Å². The molecule has 2 aromatic rings.